The number of nitrogens with one attached hydrogen (secondary N) is 1. The monoisotopic (exact) mass is 298 g/mol. The standard InChI is InChI=1S/C15H27ClN4/c1-6-17-15-9-8-13(16)14(18-15)11-20(7-2)12(3)10-19(4)5/h8-9,12H,6-7,10-11H2,1-5H3,(H,17,18). The molecule has 1 rings (SSSR count). The van der Waals surface area contributed by atoms with Crippen LogP contribution < -0.4 is 5.32 Å². The summed E-state index contributed by atoms with van der Waals surface area (Å²) in [6.45, 7) is 10.1. The third-order valence-corrected chi connectivity index (χ3v) is 3.63. The molecular weight excluding hydrogens is 272 g/mol. The maximum Gasteiger partial charge on any atom is 0.126 e. The molecule has 0 aromatic carbocycles. The summed E-state index contributed by atoms with van der Waals surface area (Å²) in [5.41, 5.74) is 0.942. The average molecular weight is 299 g/mol. The molecule has 5 heteroatoms. The maximum absolute atomic E-state index is 6.28. The van der Waals surface area contributed by atoms with Crippen LogP contribution in [0.1, 0.15) is 26.5 Å². The van der Waals surface area contributed by atoms with Crippen molar-refractivity contribution in [2.45, 2.75) is 33.4 Å². The van der Waals surface area contributed by atoms with Gasteiger partial charge in [0.1, 0.15) is 5.82 Å². The van der Waals surface area contributed by atoms with E-state index in [1.54, 1.807) is 0 Å². The van der Waals surface area contributed by atoms with Gasteiger partial charge in [-0.25, -0.2) is 4.98 Å². The Bertz CT molecular complexity index is 409. The lowest BCUT2D eigenvalue weighted by Gasteiger charge is -2.30. The lowest BCUT2D eigenvalue weighted by atomic mass is 10.2. The minimum Gasteiger partial charge on any atom is -0.370 e. The predicted octanol–water partition coefficient (Wildman–Crippen LogP) is 2.94. The molecule has 1 aromatic heterocycles. The minimum atomic E-state index is 0.468. The molecule has 0 saturated heterocycles. The summed E-state index contributed by atoms with van der Waals surface area (Å²) in [7, 11) is 4.20. The Labute approximate surface area is 128 Å². The summed E-state index contributed by atoms with van der Waals surface area (Å²) < 4.78 is 0. The molecule has 0 aliphatic carbocycles. The van der Waals surface area contributed by atoms with Crippen molar-refractivity contribution in [3.05, 3.63) is 22.8 Å². The number of hydrogen-bond donors (Lipinski definition) is 1. The normalized spacial score (nSPS) is 13.0. The minimum absolute atomic E-state index is 0.468. The highest BCUT2D eigenvalue weighted by molar-refractivity contribution is 6.31. The summed E-state index contributed by atoms with van der Waals surface area (Å²) >= 11 is 6.28. The van der Waals surface area contributed by atoms with Gasteiger partial charge >= 0.3 is 0 Å². The maximum atomic E-state index is 6.28. The van der Waals surface area contributed by atoms with Gasteiger partial charge in [0.2, 0.25) is 0 Å². The Morgan fingerprint density at radius 2 is 2.00 bits per heavy atom. The zero-order valence-corrected chi connectivity index (χ0v) is 14.0. The van der Waals surface area contributed by atoms with E-state index in [2.05, 4.69) is 55.0 Å². The Kier molecular flexibility index (Phi) is 7.27. The van der Waals surface area contributed by atoms with Gasteiger partial charge in [0.05, 0.1) is 10.7 Å². The molecule has 114 valence electrons. The molecule has 1 unspecified atom stereocenters. The number of nitrogens with zero attached hydrogens (tertiary/aromatic N) is 3. The van der Waals surface area contributed by atoms with Crippen molar-refractivity contribution in [3.8, 4) is 0 Å². The van der Waals surface area contributed by atoms with E-state index in [1.807, 2.05) is 12.1 Å². The van der Waals surface area contributed by atoms with Gasteiger partial charge in [0, 0.05) is 25.7 Å². The lowest BCUT2D eigenvalue weighted by Crippen LogP contribution is -2.39. The van der Waals surface area contributed by atoms with Gasteiger partial charge in [-0.1, -0.05) is 18.5 Å². The molecule has 1 aromatic rings. The van der Waals surface area contributed by atoms with E-state index in [4.69, 9.17) is 11.6 Å². The fourth-order valence-corrected chi connectivity index (χ4v) is 2.46. The molecule has 1 heterocycles. The molecule has 0 fully saturated rings. The largest absolute Gasteiger partial charge is 0.370 e. The van der Waals surface area contributed by atoms with Gasteiger partial charge in [-0.05, 0) is 46.6 Å². The Hall–Kier alpha value is -0.840. The highest BCUT2D eigenvalue weighted by Crippen LogP contribution is 2.19. The molecule has 20 heavy (non-hydrogen) atoms. The molecule has 4 nitrogen and oxygen atoms in total. The van der Waals surface area contributed by atoms with E-state index in [1.165, 1.54) is 0 Å². The van der Waals surface area contributed by atoms with Crippen LogP contribution in [-0.4, -0.2) is 54.6 Å². The molecule has 0 radical (unpaired) electrons. The van der Waals surface area contributed by atoms with Crippen LogP contribution in [0, 0.1) is 0 Å². The summed E-state index contributed by atoms with van der Waals surface area (Å²) in [5, 5.41) is 3.97. The first-order chi connectivity index (χ1) is 9.47. The molecule has 0 bridgehead atoms. The molecule has 0 spiro atoms. The zero-order chi connectivity index (χ0) is 15.1. The van der Waals surface area contributed by atoms with Crippen molar-refractivity contribution in [2.24, 2.45) is 0 Å². The number of rotatable bonds is 8. The van der Waals surface area contributed by atoms with E-state index in [0.29, 0.717) is 6.04 Å². The first-order valence-electron chi connectivity index (χ1n) is 7.26. The quantitative estimate of drug-likeness (QED) is 0.799. The van der Waals surface area contributed by atoms with Crippen LogP contribution in [0.3, 0.4) is 0 Å². The van der Waals surface area contributed by atoms with E-state index in [-0.39, 0.29) is 0 Å². The van der Waals surface area contributed by atoms with Crippen LogP contribution in [0.4, 0.5) is 5.82 Å². The van der Waals surface area contributed by atoms with Gasteiger partial charge in [-0.2, -0.15) is 0 Å². The lowest BCUT2D eigenvalue weighted by molar-refractivity contribution is 0.172. The number of pyridine rings is 1. The highest BCUT2D eigenvalue weighted by Gasteiger charge is 2.15. The second-order valence-electron chi connectivity index (χ2n) is 5.33. The third kappa shape index (κ3) is 5.27. The van der Waals surface area contributed by atoms with Gasteiger partial charge in [-0.3, -0.25) is 4.90 Å². The van der Waals surface area contributed by atoms with Crippen molar-refractivity contribution in [1.29, 1.82) is 0 Å². The van der Waals surface area contributed by atoms with Gasteiger partial charge < -0.3 is 10.2 Å². The third-order valence-electron chi connectivity index (χ3n) is 3.29. The van der Waals surface area contributed by atoms with Crippen LogP contribution in [-0.2, 0) is 6.54 Å². The summed E-state index contributed by atoms with van der Waals surface area (Å²) in [6, 6.07) is 4.32. The second kappa shape index (κ2) is 8.45. The summed E-state index contributed by atoms with van der Waals surface area (Å²) in [6.07, 6.45) is 0. The average Bonchev–Trinajstić information content (AvgIpc) is 2.38. The van der Waals surface area contributed by atoms with Crippen molar-refractivity contribution in [3.63, 3.8) is 0 Å². The van der Waals surface area contributed by atoms with Crippen molar-refractivity contribution in [1.82, 2.24) is 14.8 Å². The van der Waals surface area contributed by atoms with E-state index < -0.39 is 0 Å². The molecular formula is C15H27ClN4. The first-order valence-corrected chi connectivity index (χ1v) is 7.63. The molecule has 1 N–H and O–H groups in total. The van der Waals surface area contributed by atoms with E-state index in [9.17, 15) is 0 Å². The van der Waals surface area contributed by atoms with Crippen LogP contribution in [0.5, 0.6) is 0 Å². The van der Waals surface area contributed by atoms with Gasteiger partial charge in [-0.15, -0.1) is 0 Å². The highest BCUT2D eigenvalue weighted by atomic mass is 35.5. The molecule has 0 aliphatic rings. The van der Waals surface area contributed by atoms with Crippen LogP contribution >= 0.6 is 11.6 Å². The fourth-order valence-electron chi connectivity index (χ4n) is 2.29. The SMILES string of the molecule is CCNc1ccc(Cl)c(CN(CC)C(C)CN(C)C)n1. The summed E-state index contributed by atoms with van der Waals surface area (Å²) in [5.74, 6) is 0.892. The van der Waals surface area contributed by atoms with Gasteiger partial charge in [0.25, 0.3) is 0 Å². The second-order valence-corrected chi connectivity index (χ2v) is 5.74. The first kappa shape index (κ1) is 17.2. The molecule has 0 saturated carbocycles. The molecule has 0 aliphatic heterocycles. The van der Waals surface area contributed by atoms with Gasteiger partial charge in [0.15, 0.2) is 0 Å². The number of aromatic nitrogens is 1. The number of likely N-dealkylation sites (N-methyl/N-ethyl adjacent to an activating group) is 2. The number of halogens is 1. The smallest absolute Gasteiger partial charge is 0.126 e. The summed E-state index contributed by atoms with van der Waals surface area (Å²) in [4.78, 5) is 9.21. The fraction of sp³-hybridized carbons (Fsp3) is 0.667. The number of hydrogen-bond acceptors (Lipinski definition) is 4. The molecule has 1 atom stereocenters. The van der Waals surface area contributed by atoms with E-state index in [0.717, 1.165) is 42.7 Å². The Morgan fingerprint density at radius 3 is 2.55 bits per heavy atom. The topological polar surface area (TPSA) is 31.4 Å². The van der Waals surface area contributed by atoms with Crippen LogP contribution in [0.25, 0.3) is 0 Å². The van der Waals surface area contributed by atoms with E-state index >= 15 is 0 Å². The Balaban J connectivity index is 2.80. The van der Waals surface area contributed by atoms with Crippen LogP contribution in [0.15, 0.2) is 12.1 Å². The zero-order valence-electron chi connectivity index (χ0n) is 13.3. The van der Waals surface area contributed by atoms with Crippen LogP contribution in [0.2, 0.25) is 5.02 Å². The van der Waals surface area contributed by atoms with Crippen molar-refractivity contribution >= 4 is 17.4 Å². The predicted molar refractivity (Wildman–Crippen MR) is 87.5 cm³/mol. The Morgan fingerprint density at radius 1 is 1.30 bits per heavy atom. The molecule has 0 amide bonds. The van der Waals surface area contributed by atoms with Crippen molar-refractivity contribution < 1.29 is 0 Å². The number of anilines is 1. The van der Waals surface area contributed by atoms with Crippen molar-refractivity contribution in [2.75, 3.05) is 39.0 Å².